The van der Waals surface area contributed by atoms with Crippen molar-refractivity contribution < 1.29 is 0 Å². The van der Waals surface area contributed by atoms with E-state index in [9.17, 15) is 0 Å². The van der Waals surface area contributed by atoms with E-state index >= 15 is 0 Å². The van der Waals surface area contributed by atoms with Crippen LogP contribution in [0.1, 0.15) is 25.0 Å². The zero-order chi connectivity index (χ0) is 45.3. The fourth-order valence-corrected chi connectivity index (χ4v) is 10.6. The number of aromatic nitrogens is 5. The van der Waals surface area contributed by atoms with Crippen molar-refractivity contribution in [2.24, 2.45) is 0 Å². The number of hydrogen-bond donors (Lipinski definition) is 0. The van der Waals surface area contributed by atoms with Gasteiger partial charge < -0.3 is 4.57 Å². The topological polar surface area (TPSA) is 56.5 Å². The highest BCUT2D eigenvalue weighted by molar-refractivity contribution is 6.12. The lowest BCUT2D eigenvalue weighted by molar-refractivity contribution is 0.667. The molecule has 0 saturated heterocycles. The third-order valence-electron chi connectivity index (χ3n) is 13.9. The Hall–Kier alpha value is -8.80. The minimum absolute atomic E-state index is 0.224. The standard InChI is InChI=1S/C63H43N5/c1-63(2)56-38-58-55(37-54(56)53-32-31-44-16-9-10-20-51(44)59(53)63)52-21-11-12-22-57(52)68(58)50-35-48(43-25-23-42(24-26-43)47-19-13-33-64-39-47)34-49(36-50)62-66-60(45-17-7-4-8-18-45)65-61(67-62)46-29-27-41(28-30-46)40-14-5-3-6-15-40/h3-39H,1-2H3. The number of nitrogens with zero attached hydrogens (tertiary/aromatic N) is 5. The molecule has 5 nitrogen and oxygen atoms in total. The number of hydrogen-bond acceptors (Lipinski definition) is 4. The molecule has 0 bridgehead atoms. The molecule has 5 heteroatoms. The molecule has 3 aromatic heterocycles. The number of pyridine rings is 1. The van der Waals surface area contributed by atoms with Crippen molar-refractivity contribution >= 4 is 32.6 Å². The molecule has 1 aliphatic rings. The summed E-state index contributed by atoms with van der Waals surface area (Å²) < 4.78 is 2.45. The van der Waals surface area contributed by atoms with Crippen LogP contribution >= 0.6 is 0 Å². The molecule has 0 saturated carbocycles. The predicted octanol–water partition coefficient (Wildman–Crippen LogP) is 15.8. The van der Waals surface area contributed by atoms with Crippen LogP contribution in [-0.4, -0.2) is 24.5 Å². The summed E-state index contributed by atoms with van der Waals surface area (Å²) in [5.74, 6) is 1.83. The molecule has 0 N–H and O–H groups in total. The van der Waals surface area contributed by atoms with Crippen LogP contribution in [0.3, 0.4) is 0 Å². The van der Waals surface area contributed by atoms with Gasteiger partial charge in [0.2, 0.25) is 0 Å². The van der Waals surface area contributed by atoms with E-state index in [2.05, 4.69) is 205 Å². The average molecular weight is 870 g/mol. The smallest absolute Gasteiger partial charge is 0.164 e. The highest BCUT2D eigenvalue weighted by atomic mass is 15.0. The summed E-state index contributed by atoms with van der Waals surface area (Å²) in [5.41, 5.74) is 17.8. The highest BCUT2D eigenvalue weighted by Crippen LogP contribution is 2.53. The highest BCUT2D eigenvalue weighted by Gasteiger charge is 2.38. The van der Waals surface area contributed by atoms with Crippen LogP contribution in [0.5, 0.6) is 0 Å². The Morgan fingerprint density at radius 1 is 0.368 bits per heavy atom. The molecule has 0 aliphatic heterocycles. The molecule has 320 valence electrons. The fraction of sp³-hybridized carbons (Fsp3) is 0.0476. The van der Waals surface area contributed by atoms with Crippen LogP contribution in [-0.2, 0) is 5.41 Å². The molecule has 3 heterocycles. The first kappa shape index (κ1) is 39.6. The van der Waals surface area contributed by atoms with Crippen LogP contribution in [0.4, 0.5) is 0 Å². The summed E-state index contributed by atoms with van der Waals surface area (Å²) in [4.78, 5) is 20.1. The second kappa shape index (κ2) is 15.7. The predicted molar refractivity (Wildman–Crippen MR) is 280 cm³/mol. The monoisotopic (exact) mass is 869 g/mol. The van der Waals surface area contributed by atoms with E-state index < -0.39 is 0 Å². The van der Waals surface area contributed by atoms with E-state index in [1.54, 1.807) is 0 Å². The van der Waals surface area contributed by atoms with Gasteiger partial charge in [-0.3, -0.25) is 4.98 Å². The van der Waals surface area contributed by atoms with Crippen molar-refractivity contribution in [1.29, 1.82) is 0 Å². The van der Waals surface area contributed by atoms with Crippen molar-refractivity contribution in [2.75, 3.05) is 0 Å². The summed E-state index contributed by atoms with van der Waals surface area (Å²) in [7, 11) is 0. The van der Waals surface area contributed by atoms with E-state index in [0.29, 0.717) is 17.5 Å². The van der Waals surface area contributed by atoms with Crippen LogP contribution in [0.2, 0.25) is 0 Å². The summed E-state index contributed by atoms with van der Waals surface area (Å²) in [5, 5.41) is 5.01. The van der Waals surface area contributed by atoms with Gasteiger partial charge in [0.25, 0.3) is 0 Å². The Morgan fingerprint density at radius 2 is 0.912 bits per heavy atom. The van der Waals surface area contributed by atoms with Gasteiger partial charge in [-0.1, -0.05) is 184 Å². The van der Waals surface area contributed by atoms with Gasteiger partial charge in [-0.25, -0.2) is 15.0 Å². The van der Waals surface area contributed by atoms with E-state index in [4.69, 9.17) is 15.0 Å². The van der Waals surface area contributed by atoms with Gasteiger partial charge >= 0.3 is 0 Å². The molecule has 0 unspecified atom stereocenters. The third kappa shape index (κ3) is 6.54. The molecule has 0 fully saturated rings. The van der Waals surface area contributed by atoms with Gasteiger partial charge in [0.05, 0.1) is 11.0 Å². The quantitative estimate of drug-likeness (QED) is 0.160. The van der Waals surface area contributed by atoms with E-state index in [1.165, 1.54) is 43.8 Å². The molecule has 0 spiro atoms. The van der Waals surface area contributed by atoms with E-state index in [0.717, 1.165) is 66.8 Å². The Balaban J connectivity index is 1.04. The Bertz CT molecular complexity index is 3890. The summed E-state index contributed by atoms with van der Waals surface area (Å²) >= 11 is 0. The Morgan fingerprint density at radius 3 is 1.62 bits per heavy atom. The number of rotatable bonds is 7. The summed E-state index contributed by atoms with van der Waals surface area (Å²) in [6, 6.07) is 75.9. The van der Waals surface area contributed by atoms with Crippen molar-refractivity contribution in [3.05, 3.63) is 236 Å². The molecule has 1 aliphatic carbocycles. The Labute approximate surface area is 394 Å². The maximum atomic E-state index is 5.31. The SMILES string of the molecule is CC1(C)c2cc3c(cc2-c2ccc4ccccc4c21)c1ccccc1n3-c1cc(-c2ccc(-c3cccnc3)cc2)cc(-c2nc(-c3ccccc3)nc(-c3ccc(-c4ccccc4)cc3)n2)c1. The van der Waals surface area contributed by atoms with Crippen LogP contribution in [0, 0.1) is 0 Å². The minimum Gasteiger partial charge on any atom is -0.309 e. The third-order valence-corrected chi connectivity index (χ3v) is 13.9. The normalized spacial score (nSPS) is 12.7. The molecule has 0 radical (unpaired) electrons. The Kier molecular flexibility index (Phi) is 9.12. The first-order valence-corrected chi connectivity index (χ1v) is 23.2. The molecule has 13 rings (SSSR count). The van der Waals surface area contributed by atoms with Gasteiger partial charge in [0, 0.05) is 51.0 Å². The number of fused-ring (bicyclic) bond motifs is 8. The zero-order valence-electron chi connectivity index (χ0n) is 37.6. The first-order chi connectivity index (χ1) is 33.4. The van der Waals surface area contributed by atoms with E-state index in [1.807, 2.05) is 42.7 Å². The van der Waals surface area contributed by atoms with Crippen LogP contribution < -0.4 is 0 Å². The van der Waals surface area contributed by atoms with Crippen molar-refractivity contribution in [1.82, 2.24) is 24.5 Å². The molecule has 0 atom stereocenters. The molecule has 9 aromatic carbocycles. The van der Waals surface area contributed by atoms with E-state index in [-0.39, 0.29) is 5.41 Å². The number of para-hydroxylation sites is 1. The lowest BCUT2D eigenvalue weighted by Crippen LogP contribution is -2.15. The molecule has 0 amide bonds. The van der Waals surface area contributed by atoms with Gasteiger partial charge in [-0.2, -0.15) is 0 Å². The fourth-order valence-electron chi connectivity index (χ4n) is 10.6. The molecule has 12 aromatic rings. The number of benzene rings is 9. The average Bonchev–Trinajstić information content (AvgIpc) is 3.85. The van der Waals surface area contributed by atoms with Crippen molar-refractivity contribution in [2.45, 2.75) is 19.3 Å². The van der Waals surface area contributed by atoms with Crippen molar-refractivity contribution in [3.8, 4) is 84.4 Å². The van der Waals surface area contributed by atoms with Gasteiger partial charge in [0.15, 0.2) is 17.5 Å². The molecular weight excluding hydrogens is 827 g/mol. The lowest BCUT2D eigenvalue weighted by Gasteiger charge is -2.23. The molecular formula is C63H43N5. The van der Waals surface area contributed by atoms with Gasteiger partial charge in [-0.05, 0) is 109 Å². The molecule has 68 heavy (non-hydrogen) atoms. The summed E-state index contributed by atoms with van der Waals surface area (Å²) in [6.45, 7) is 4.77. The minimum atomic E-state index is -0.224. The van der Waals surface area contributed by atoms with Crippen LogP contribution in [0.15, 0.2) is 225 Å². The second-order valence-corrected chi connectivity index (χ2v) is 18.3. The maximum absolute atomic E-state index is 5.31. The van der Waals surface area contributed by atoms with Gasteiger partial charge in [-0.15, -0.1) is 0 Å². The maximum Gasteiger partial charge on any atom is 0.164 e. The lowest BCUT2D eigenvalue weighted by atomic mass is 9.80. The van der Waals surface area contributed by atoms with Crippen LogP contribution in [0.25, 0.3) is 117 Å². The van der Waals surface area contributed by atoms with Gasteiger partial charge in [0.1, 0.15) is 0 Å². The first-order valence-electron chi connectivity index (χ1n) is 23.2. The largest absolute Gasteiger partial charge is 0.309 e. The second-order valence-electron chi connectivity index (χ2n) is 18.3. The zero-order valence-corrected chi connectivity index (χ0v) is 37.6. The summed E-state index contributed by atoms with van der Waals surface area (Å²) in [6.07, 6.45) is 3.72. The van der Waals surface area contributed by atoms with Crippen molar-refractivity contribution in [3.63, 3.8) is 0 Å².